The highest BCUT2D eigenvalue weighted by Gasteiger charge is 2.08. The maximum absolute atomic E-state index is 10.8. The fourth-order valence-electron chi connectivity index (χ4n) is 1.49. The Kier molecular flexibility index (Phi) is 6.53. The Morgan fingerprint density at radius 1 is 1.35 bits per heavy atom. The summed E-state index contributed by atoms with van der Waals surface area (Å²) in [5, 5.41) is 13.7. The van der Waals surface area contributed by atoms with Crippen molar-refractivity contribution in [2.45, 2.75) is 13.0 Å². The van der Waals surface area contributed by atoms with E-state index in [1.165, 1.54) is 12.1 Å². The molecule has 9 heteroatoms. The molecule has 1 rings (SSSR count). The van der Waals surface area contributed by atoms with Gasteiger partial charge in [0.25, 0.3) is 5.69 Å². The largest absolute Gasteiger partial charge is 0.313 e. The number of hydrogen-bond acceptors (Lipinski definition) is 5. The van der Waals surface area contributed by atoms with Gasteiger partial charge in [0.1, 0.15) is 0 Å². The van der Waals surface area contributed by atoms with E-state index >= 15 is 0 Å². The van der Waals surface area contributed by atoms with Gasteiger partial charge in [-0.1, -0.05) is 15.9 Å². The minimum Gasteiger partial charge on any atom is -0.313 e. The van der Waals surface area contributed by atoms with Crippen molar-refractivity contribution in [3.63, 3.8) is 0 Å². The van der Waals surface area contributed by atoms with Crippen LogP contribution in [0.1, 0.15) is 12.0 Å². The average Bonchev–Trinajstić information content (AvgIpc) is 2.33. The molecule has 20 heavy (non-hydrogen) atoms. The first-order valence-electron chi connectivity index (χ1n) is 5.88. The number of benzene rings is 1. The summed E-state index contributed by atoms with van der Waals surface area (Å²) in [5.41, 5.74) is 0.949. The lowest BCUT2D eigenvalue weighted by molar-refractivity contribution is -0.384. The molecule has 0 unspecified atom stereocenters. The van der Waals surface area contributed by atoms with Gasteiger partial charge in [0.05, 0.1) is 11.2 Å². The van der Waals surface area contributed by atoms with Crippen molar-refractivity contribution < 1.29 is 13.3 Å². The molecule has 0 fully saturated rings. The molecule has 112 valence electrons. The van der Waals surface area contributed by atoms with E-state index in [1.54, 1.807) is 6.07 Å². The van der Waals surface area contributed by atoms with E-state index in [4.69, 9.17) is 0 Å². The molecule has 1 aromatic rings. The fraction of sp³-hybridized carbons (Fsp3) is 0.455. The molecule has 0 radical (unpaired) electrons. The van der Waals surface area contributed by atoms with E-state index in [1.807, 2.05) is 0 Å². The number of nitrogens with zero attached hydrogens (tertiary/aromatic N) is 1. The van der Waals surface area contributed by atoms with E-state index < -0.39 is 14.9 Å². The second kappa shape index (κ2) is 7.67. The normalized spacial score (nSPS) is 11.5. The molecule has 0 aliphatic carbocycles. The molecule has 0 bridgehead atoms. The van der Waals surface area contributed by atoms with Crippen LogP contribution in [0.3, 0.4) is 0 Å². The zero-order valence-corrected chi connectivity index (χ0v) is 13.3. The van der Waals surface area contributed by atoms with E-state index in [2.05, 4.69) is 26.0 Å². The van der Waals surface area contributed by atoms with E-state index in [0.29, 0.717) is 30.5 Å². The Labute approximate surface area is 126 Å². The van der Waals surface area contributed by atoms with Crippen molar-refractivity contribution in [1.82, 2.24) is 10.0 Å². The van der Waals surface area contributed by atoms with Crippen LogP contribution in [0.2, 0.25) is 0 Å². The topological polar surface area (TPSA) is 101 Å². The van der Waals surface area contributed by atoms with Crippen LogP contribution in [0.4, 0.5) is 5.69 Å². The van der Waals surface area contributed by atoms with Gasteiger partial charge in [-0.15, -0.1) is 0 Å². The quantitative estimate of drug-likeness (QED) is 0.411. The van der Waals surface area contributed by atoms with Crippen LogP contribution in [0, 0.1) is 10.1 Å². The van der Waals surface area contributed by atoms with Gasteiger partial charge in [-0.2, -0.15) is 0 Å². The van der Waals surface area contributed by atoms with Crippen LogP contribution >= 0.6 is 15.9 Å². The smallest absolute Gasteiger partial charge is 0.270 e. The van der Waals surface area contributed by atoms with Gasteiger partial charge < -0.3 is 5.32 Å². The molecular formula is C11H16BrN3O4S. The summed E-state index contributed by atoms with van der Waals surface area (Å²) >= 11 is 3.29. The van der Waals surface area contributed by atoms with Gasteiger partial charge in [0.15, 0.2) is 0 Å². The van der Waals surface area contributed by atoms with Crippen LogP contribution in [0.15, 0.2) is 22.7 Å². The van der Waals surface area contributed by atoms with Crippen LogP contribution in [-0.4, -0.2) is 32.7 Å². The third-order valence-electron chi connectivity index (χ3n) is 2.46. The third kappa shape index (κ3) is 6.42. The SMILES string of the molecule is CS(=O)(=O)NCCCNCc1ccc([N+](=O)[O-])cc1Br. The highest BCUT2D eigenvalue weighted by atomic mass is 79.9. The highest BCUT2D eigenvalue weighted by Crippen LogP contribution is 2.22. The monoisotopic (exact) mass is 365 g/mol. The van der Waals surface area contributed by atoms with E-state index in [0.717, 1.165) is 11.8 Å². The van der Waals surface area contributed by atoms with Crippen molar-refractivity contribution in [1.29, 1.82) is 0 Å². The van der Waals surface area contributed by atoms with Crippen LogP contribution in [0.25, 0.3) is 0 Å². The number of non-ortho nitro benzene ring substituents is 1. The van der Waals surface area contributed by atoms with E-state index in [9.17, 15) is 18.5 Å². The number of hydrogen-bond donors (Lipinski definition) is 2. The summed E-state index contributed by atoms with van der Waals surface area (Å²) in [6, 6.07) is 4.60. The van der Waals surface area contributed by atoms with Crippen molar-refractivity contribution in [3.8, 4) is 0 Å². The summed E-state index contributed by atoms with van der Waals surface area (Å²) in [7, 11) is -3.13. The third-order valence-corrected chi connectivity index (χ3v) is 3.92. The van der Waals surface area contributed by atoms with Gasteiger partial charge in [0.2, 0.25) is 10.0 Å². The van der Waals surface area contributed by atoms with Crippen LogP contribution in [-0.2, 0) is 16.6 Å². The number of nitro groups is 1. The number of sulfonamides is 1. The lowest BCUT2D eigenvalue weighted by atomic mass is 10.2. The van der Waals surface area contributed by atoms with Crippen molar-refractivity contribution in [3.05, 3.63) is 38.3 Å². The first kappa shape index (κ1) is 17.0. The second-order valence-corrected chi connectivity index (χ2v) is 6.92. The minimum atomic E-state index is -3.13. The first-order valence-corrected chi connectivity index (χ1v) is 8.56. The molecule has 2 N–H and O–H groups in total. The number of rotatable bonds is 8. The summed E-state index contributed by atoms with van der Waals surface area (Å²) in [6.07, 6.45) is 1.78. The predicted octanol–water partition coefficient (Wildman–Crippen LogP) is 1.39. The Balaban J connectivity index is 2.34. The Morgan fingerprint density at radius 3 is 2.60 bits per heavy atom. The van der Waals surface area contributed by atoms with Gasteiger partial charge in [0, 0.05) is 29.7 Å². The molecule has 0 heterocycles. The number of nitro benzene ring substituents is 1. The molecule has 0 atom stereocenters. The van der Waals surface area contributed by atoms with E-state index in [-0.39, 0.29) is 5.69 Å². The van der Waals surface area contributed by atoms with Crippen molar-refractivity contribution in [2.75, 3.05) is 19.3 Å². The summed E-state index contributed by atoms with van der Waals surface area (Å²) in [6.45, 7) is 1.58. The number of nitrogens with one attached hydrogen (secondary N) is 2. The standard InChI is InChI=1S/C11H16BrN3O4S/c1-20(18,19)14-6-2-5-13-8-9-3-4-10(15(16)17)7-11(9)12/h3-4,7,13-14H,2,5-6,8H2,1H3. The molecule has 0 amide bonds. The average molecular weight is 366 g/mol. The summed E-state index contributed by atoms with van der Waals surface area (Å²) in [4.78, 5) is 10.1. The second-order valence-electron chi connectivity index (χ2n) is 4.23. The molecular weight excluding hydrogens is 350 g/mol. The van der Waals surface area contributed by atoms with Crippen molar-refractivity contribution in [2.24, 2.45) is 0 Å². The van der Waals surface area contributed by atoms with Crippen molar-refractivity contribution >= 4 is 31.6 Å². The summed E-state index contributed by atoms with van der Waals surface area (Å²) < 4.78 is 24.7. The van der Waals surface area contributed by atoms with Gasteiger partial charge in [-0.05, 0) is 24.6 Å². The predicted molar refractivity (Wildman–Crippen MR) is 80.0 cm³/mol. The Morgan fingerprint density at radius 2 is 2.05 bits per heavy atom. The Bertz CT molecular complexity index is 577. The summed E-state index contributed by atoms with van der Waals surface area (Å²) in [5.74, 6) is 0. The molecule has 1 aromatic carbocycles. The zero-order chi connectivity index (χ0) is 15.2. The first-order chi connectivity index (χ1) is 9.29. The minimum absolute atomic E-state index is 0.0398. The van der Waals surface area contributed by atoms with Gasteiger partial charge >= 0.3 is 0 Å². The molecule has 0 aliphatic heterocycles. The van der Waals surface area contributed by atoms with Crippen LogP contribution < -0.4 is 10.0 Å². The van der Waals surface area contributed by atoms with Gasteiger partial charge in [-0.25, -0.2) is 13.1 Å². The molecule has 0 aliphatic rings. The molecule has 0 saturated heterocycles. The number of halogens is 1. The lowest BCUT2D eigenvalue weighted by Crippen LogP contribution is -2.26. The molecule has 0 aromatic heterocycles. The highest BCUT2D eigenvalue weighted by molar-refractivity contribution is 9.10. The lowest BCUT2D eigenvalue weighted by Gasteiger charge is -2.07. The van der Waals surface area contributed by atoms with Crippen LogP contribution in [0.5, 0.6) is 0 Å². The zero-order valence-electron chi connectivity index (χ0n) is 10.9. The van der Waals surface area contributed by atoms with Gasteiger partial charge in [-0.3, -0.25) is 10.1 Å². The fourth-order valence-corrected chi connectivity index (χ4v) is 2.51. The molecule has 0 saturated carbocycles. The Hall–Kier alpha value is -1.03. The molecule has 0 spiro atoms. The molecule has 7 nitrogen and oxygen atoms in total. The maximum Gasteiger partial charge on any atom is 0.270 e. The maximum atomic E-state index is 10.8.